The first-order chi connectivity index (χ1) is 17.7. The zero-order chi connectivity index (χ0) is 24.5. The minimum absolute atomic E-state index is 0.458. The third kappa shape index (κ3) is 4.01. The number of hydrogen-bond acceptors (Lipinski definition) is 1. The van der Waals surface area contributed by atoms with Gasteiger partial charge >= 0.3 is 0 Å². The quantitative estimate of drug-likeness (QED) is 0.229. The molecule has 4 aromatic carbocycles. The van der Waals surface area contributed by atoms with Gasteiger partial charge in [0.15, 0.2) is 5.84 Å². The number of hydrogen-bond donors (Lipinski definition) is 1. The third-order valence-corrected chi connectivity index (χ3v) is 6.90. The van der Waals surface area contributed by atoms with E-state index < -0.39 is 0 Å². The first-order valence-electron chi connectivity index (χ1n) is 12.4. The monoisotopic (exact) mass is 468 g/mol. The summed E-state index contributed by atoms with van der Waals surface area (Å²) in [6.45, 7) is 2.74. The van der Waals surface area contributed by atoms with E-state index in [1.165, 1.54) is 32.9 Å². The zero-order valence-corrected chi connectivity index (χ0v) is 20.3. The molecule has 0 saturated carbocycles. The Balaban J connectivity index is 1.51. The second-order valence-electron chi connectivity index (χ2n) is 9.36. The van der Waals surface area contributed by atoms with E-state index in [9.17, 15) is 0 Å². The second kappa shape index (κ2) is 9.31. The molecule has 2 N–H and O–H groups in total. The van der Waals surface area contributed by atoms with Gasteiger partial charge in [-0.2, -0.15) is 0 Å². The van der Waals surface area contributed by atoms with Gasteiger partial charge in [-0.3, -0.25) is 0 Å². The van der Waals surface area contributed by atoms with Crippen molar-refractivity contribution in [3.8, 4) is 0 Å². The molecule has 176 valence electrons. The van der Waals surface area contributed by atoms with Gasteiger partial charge in [-0.1, -0.05) is 110 Å². The molecule has 1 unspecified atom stereocenters. The van der Waals surface area contributed by atoms with Gasteiger partial charge in [-0.15, -0.1) is 0 Å². The number of allylic oxidation sites excluding steroid dienone is 1. The fourth-order valence-electron chi connectivity index (χ4n) is 5.10. The van der Waals surface area contributed by atoms with Gasteiger partial charge in [0.1, 0.15) is 12.5 Å². The summed E-state index contributed by atoms with van der Waals surface area (Å²) in [4.78, 5) is 9.84. The van der Waals surface area contributed by atoms with Crippen molar-refractivity contribution in [1.82, 2.24) is 4.57 Å². The standard InChI is InChI=1S/C32H28N4/c1-22-16-18-27-29(20-22)36(28-19-17-23-10-8-9-15-26(23)30(27)28)21-34-32(25-13-6-3-7-14-25)35-31(33)24-11-4-2-5-12-24/h2-19,22H,20-21H2,1H3,(H2,33,34,35). The van der Waals surface area contributed by atoms with Gasteiger partial charge in [-0.25, -0.2) is 9.98 Å². The summed E-state index contributed by atoms with van der Waals surface area (Å²) in [5, 5.41) is 3.84. The maximum Gasteiger partial charge on any atom is 0.158 e. The number of aromatic nitrogens is 1. The van der Waals surface area contributed by atoms with Crippen molar-refractivity contribution < 1.29 is 0 Å². The van der Waals surface area contributed by atoms with Crippen LogP contribution in [0.3, 0.4) is 0 Å². The summed E-state index contributed by atoms with van der Waals surface area (Å²) < 4.78 is 2.36. The Morgan fingerprint density at radius 3 is 2.33 bits per heavy atom. The van der Waals surface area contributed by atoms with Crippen LogP contribution in [-0.4, -0.2) is 16.2 Å². The molecule has 0 aliphatic heterocycles. The van der Waals surface area contributed by atoms with Crippen molar-refractivity contribution in [2.24, 2.45) is 21.6 Å². The first-order valence-corrected chi connectivity index (χ1v) is 12.4. The Bertz CT molecular complexity index is 1640. The minimum atomic E-state index is 0.458. The van der Waals surface area contributed by atoms with E-state index in [0.29, 0.717) is 24.3 Å². The molecule has 5 aromatic rings. The van der Waals surface area contributed by atoms with Crippen LogP contribution < -0.4 is 5.73 Å². The zero-order valence-electron chi connectivity index (χ0n) is 20.3. The highest BCUT2D eigenvalue weighted by Gasteiger charge is 2.21. The van der Waals surface area contributed by atoms with Crippen LogP contribution in [-0.2, 0) is 13.1 Å². The van der Waals surface area contributed by atoms with Crippen molar-refractivity contribution in [2.45, 2.75) is 20.0 Å². The molecule has 0 spiro atoms. The molecule has 36 heavy (non-hydrogen) atoms. The molecule has 4 heteroatoms. The Hall–Kier alpha value is -4.44. The van der Waals surface area contributed by atoms with Crippen LogP contribution in [0, 0.1) is 5.92 Å². The lowest BCUT2D eigenvalue weighted by Crippen LogP contribution is -2.17. The molecule has 1 heterocycles. The number of rotatable bonds is 4. The average Bonchev–Trinajstić information content (AvgIpc) is 3.24. The summed E-state index contributed by atoms with van der Waals surface area (Å²) >= 11 is 0. The van der Waals surface area contributed by atoms with Crippen molar-refractivity contribution in [2.75, 3.05) is 0 Å². The van der Waals surface area contributed by atoms with Gasteiger partial charge in [0, 0.05) is 27.8 Å². The van der Waals surface area contributed by atoms with E-state index in [0.717, 1.165) is 17.5 Å². The molecule has 1 aliphatic carbocycles. The molecular formula is C32H28N4. The van der Waals surface area contributed by atoms with Crippen molar-refractivity contribution >= 4 is 39.4 Å². The summed E-state index contributed by atoms with van der Waals surface area (Å²) in [6, 6.07) is 33.0. The largest absolute Gasteiger partial charge is 0.383 e. The Kier molecular flexibility index (Phi) is 5.70. The molecule has 6 rings (SSSR count). The molecule has 0 amide bonds. The smallest absolute Gasteiger partial charge is 0.158 e. The van der Waals surface area contributed by atoms with Crippen LogP contribution in [0.25, 0.3) is 27.8 Å². The molecule has 1 atom stereocenters. The van der Waals surface area contributed by atoms with Gasteiger partial charge in [-0.05, 0) is 29.2 Å². The number of benzene rings is 4. The average molecular weight is 469 g/mol. The SMILES string of the molecule is CC1C=Cc2c(n(CN=C(N=C(N)c3ccccc3)c3ccccc3)c3ccc4ccccc4c23)C1. The highest BCUT2D eigenvalue weighted by Crippen LogP contribution is 2.37. The maximum absolute atomic E-state index is 6.42. The van der Waals surface area contributed by atoms with E-state index in [1.54, 1.807) is 0 Å². The lowest BCUT2D eigenvalue weighted by molar-refractivity contribution is 0.638. The normalized spacial score (nSPS) is 16.0. The molecule has 4 nitrogen and oxygen atoms in total. The van der Waals surface area contributed by atoms with E-state index in [2.05, 4.69) is 60.0 Å². The van der Waals surface area contributed by atoms with Gasteiger partial charge in [0.05, 0.1) is 5.52 Å². The minimum Gasteiger partial charge on any atom is -0.383 e. The van der Waals surface area contributed by atoms with E-state index >= 15 is 0 Å². The first kappa shape index (κ1) is 22.1. The van der Waals surface area contributed by atoms with Gasteiger partial charge < -0.3 is 10.3 Å². The number of aliphatic imine (C=N–C) groups is 2. The van der Waals surface area contributed by atoms with Gasteiger partial charge in [0.25, 0.3) is 0 Å². The molecular weight excluding hydrogens is 440 g/mol. The predicted molar refractivity (Wildman–Crippen MR) is 151 cm³/mol. The van der Waals surface area contributed by atoms with E-state index in [4.69, 9.17) is 15.7 Å². The molecule has 0 fully saturated rings. The summed E-state index contributed by atoms with van der Waals surface area (Å²) in [7, 11) is 0. The highest BCUT2D eigenvalue weighted by atomic mass is 15.1. The lowest BCUT2D eigenvalue weighted by atomic mass is 9.93. The van der Waals surface area contributed by atoms with E-state index in [1.807, 2.05) is 60.7 Å². The van der Waals surface area contributed by atoms with Crippen molar-refractivity contribution in [3.05, 3.63) is 126 Å². The topological polar surface area (TPSA) is 55.7 Å². The number of fused-ring (bicyclic) bond motifs is 5. The number of nitrogens with zero attached hydrogens (tertiary/aromatic N) is 3. The van der Waals surface area contributed by atoms with Crippen molar-refractivity contribution in [1.29, 1.82) is 0 Å². The van der Waals surface area contributed by atoms with Gasteiger partial charge in [0.2, 0.25) is 0 Å². The summed E-state index contributed by atoms with van der Waals surface area (Å²) in [6.07, 6.45) is 5.60. The van der Waals surface area contributed by atoms with Crippen LogP contribution in [0.4, 0.5) is 0 Å². The predicted octanol–water partition coefficient (Wildman–Crippen LogP) is 6.81. The number of nitrogens with two attached hydrogens (primary N) is 1. The lowest BCUT2D eigenvalue weighted by Gasteiger charge is -2.16. The summed E-state index contributed by atoms with van der Waals surface area (Å²) in [5.74, 6) is 1.57. The molecule has 0 bridgehead atoms. The maximum atomic E-state index is 6.42. The Morgan fingerprint density at radius 2 is 1.56 bits per heavy atom. The molecule has 0 radical (unpaired) electrons. The Morgan fingerprint density at radius 1 is 0.861 bits per heavy atom. The van der Waals surface area contributed by atoms with E-state index in [-0.39, 0.29) is 0 Å². The molecule has 0 saturated heterocycles. The fraction of sp³-hybridized carbons (Fsp3) is 0.125. The van der Waals surface area contributed by atoms with Crippen LogP contribution in [0.5, 0.6) is 0 Å². The fourth-order valence-corrected chi connectivity index (χ4v) is 5.10. The molecule has 1 aromatic heterocycles. The Labute approximate surface area is 211 Å². The van der Waals surface area contributed by atoms with Crippen LogP contribution in [0.2, 0.25) is 0 Å². The van der Waals surface area contributed by atoms with Crippen molar-refractivity contribution in [3.63, 3.8) is 0 Å². The van der Waals surface area contributed by atoms with Crippen LogP contribution >= 0.6 is 0 Å². The van der Waals surface area contributed by atoms with Crippen LogP contribution in [0.15, 0.2) is 113 Å². The molecule has 1 aliphatic rings. The highest BCUT2D eigenvalue weighted by molar-refractivity contribution is 6.12. The summed E-state index contributed by atoms with van der Waals surface area (Å²) in [5.41, 5.74) is 12.1. The van der Waals surface area contributed by atoms with Crippen LogP contribution in [0.1, 0.15) is 29.3 Å². The third-order valence-electron chi connectivity index (χ3n) is 6.90. The second-order valence-corrected chi connectivity index (χ2v) is 9.36. The number of amidine groups is 2.